The van der Waals surface area contributed by atoms with Crippen LogP contribution in [0.3, 0.4) is 0 Å². The maximum atomic E-state index is 9.54. The zero-order valence-electron chi connectivity index (χ0n) is 12.9. The van der Waals surface area contributed by atoms with E-state index in [-0.39, 0.29) is 12.6 Å². The standard InChI is InChI=1S/C17H28N2O2/c1-11-8-13(11)16-6-7-17(21-16)15(9-18)19-14-5-3-2-4-12(14)10-20/h6-7,11-15,19-20H,2-5,8-10,18H2,1H3. The summed E-state index contributed by atoms with van der Waals surface area (Å²) in [4.78, 5) is 0. The van der Waals surface area contributed by atoms with Gasteiger partial charge in [-0.3, -0.25) is 0 Å². The molecule has 5 unspecified atom stereocenters. The fourth-order valence-electron chi connectivity index (χ4n) is 3.64. The summed E-state index contributed by atoms with van der Waals surface area (Å²) in [5, 5.41) is 13.2. The van der Waals surface area contributed by atoms with E-state index in [1.54, 1.807) is 0 Å². The number of nitrogens with one attached hydrogen (secondary N) is 1. The zero-order valence-corrected chi connectivity index (χ0v) is 12.9. The van der Waals surface area contributed by atoms with Crippen LogP contribution in [0.15, 0.2) is 16.5 Å². The van der Waals surface area contributed by atoms with Crippen molar-refractivity contribution in [2.24, 2.45) is 17.6 Å². The molecule has 0 spiro atoms. The van der Waals surface area contributed by atoms with Gasteiger partial charge in [0.1, 0.15) is 11.5 Å². The molecule has 2 aliphatic carbocycles. The number of rotatable bonds is 6. The predicted octanol–water partition coefficient (Wildman–Crippen LogP) is 2.54. The van der Waals surface area contributed by atoms with E-state index < -0.39 is 0 Å². The smallest absolute Gasteiger partial charge is 0.122 e. The number of hydrogen-bond donors (Lipinski definition) is 3. The molecule has 0 bridgehead atoms. The van der Waals surface area contributed by atoms with Gasteiger partial charge in [-0.25, -0.2) is 0 Å². The van der Waals surface area contributed by atoms with E-state index in [9.17, 15) is 5.11 Å². The van der Waals surface area contributed by atoms with Crippen LogP contribution in [0, 0.1) is 11.8 Å². The average molecular weight is 292 g/mol. The molecular formula is C17H28N2O2. The molecule has 2 saturated carbocycles. The number of nitrogens with two attached hydrogens (primary N) is 1. The van der Waals surface area contributed by atoms with Gasteiger partial charge in [-0.15, -0.1) is 0 Å². The minimum absolute atomic E-state index is 0.0601. The molecule has 2 fully saturated rings. The van der Waals surface area contributed by atoms with Gasteiger partial charge in [-0.1, -0.05) is 19.8 Å². The van der Waals surface area contributed by atoms with Crippen molar-refractivity contribution in [2.75, 3.05) is 13.2 Å². The lowest BCUT2D eigenvalue weighted by atomic mass is 9.84. The zero-order chi connectivity index (χ0) is 14.8. The maximum absolute atomic E-state index is 9.54. The summed E-state index contributed by atoms with van der Waals surface area (Å²) in [6, 6.07) is 4.59. The molecule has 1 aromatic rings. The summed E-state index contributed by atoms with van der Waals surface area (Å²) in [5.74, 6) is 3.78. The second kappa shape index (κ2) is 6.51. The highest BCUT2D eigenvalue weighted by molar-refractivity contribution is 5.19. The Kier molecular flexibility index (Phi) is 4.67. The van der Waals surface area contributed by atoms with E-state index in [0.717, 1.165) is 30.3 Å². The number of aliphatic hydroxyl groups is 1. The normalized spacial score (nSPS) is 33.9. The molecule has 0 amide bonds. The molecule has 118 valence electrons. The highest BCUT2D eigenvalue weighted by Gasteiger charge is 2.37. The Balaban J connectivity index is 1.65. The third kappa shape index (κ3) is 3.33. The van der Waals surface area contributed by atoms with Gasteiger partial charge in [0.25, 0.3) is 0 Å². The van der Waals surface area contributed by atoms with Crippen molar-refractivity contribution in [3.63, 3.8) is 0 Å². The summed E-state index contributed by atoms with van der Waals surface area (Å²) < 4.78 is 6.04. The third-order valence-electron chi connectivity index (χ3n) is 5.26. The molecule has 0 saturated heterocycles. The van der Waals surface area contributed by atoms with Crippen LogP contribution >= 0.6 is 0 Å². The Morgan fingerprint density at radius 1 is 1.38 bits per heavy atom. The lowest BCUT2D eigenvalue weighted by molar-refractivity contribution is 0.143. The van der Waals surface area contributed by atoms with Crippen molar-refractivity contribution in [3.8, 4) is 0 Å². The molecule has 0 aromatic carbocycles. The van der Waals surface area contributed by atoms with Crippen molar-refractivity contribution in [2.45, 2.75) is 57.0 Å². The van der Waals surface area contributed by atoms with Crippen LogP contribution in [-0.4, -0.2) is 24.3 Å². The average Bonchev–Trinajstić information content (AvgIpc) is 3.05. The van der Waals surface area contributed by atoms with Crippen LogP contribution in [0.2, 0.25) is 0 Å². The summed E-state index contributed by atoms with van der Waals surface area (Å²) in [6.07, 6.45) is 5.92. The summed E-state index contributed by atoms with van der Waals surface area (Å²) >= 11 is 0. The molecule has 1 heterocycles. The van der Waals surface area contributed by atoms with Crippen molar-refractivity contribution in [1.82, 2.24) is 5.32 Å². The van der Waals surface area contributed by atoms with Gasteiger partial charge in [0.15, 0.2) is 0 Å². The molecule has 2 aliphatic rings. The Bertz CT molecular complexity index is 459. The second-order valence-corrected chi connectivity index (χ2v) is 6.85. The first kappa shape index (κ1) is 15.1. The van der Waals surface area contributed by atoms with Crippen LogP contribution in [0.1, 0.15) is 62.5 Å². The van der Waals surface area contributed by atoms with Gasteiger partial charge >= 0.3 is 0 Å². The molecule has 3 rings (SSSR count). The van der Waals surface area contributed by atoms with E-state index in [1.807, 2.05) is 0 Å². The number of aliphatic hydroxyl groups excluding tert-OH is 1. The monoisotopic (exact) mass is 292 g/mol. The highest BCUT2D eigenvalue weighted by Crippen LogP contribution is 2.47. The van der Waals surface area contributed by atoms with Crippen LogP contribution in [0.25, 0.3) is 0 Å². The minimum Gasteiger partial charge on any atom is -0.464 e. The molecule has 5 atom stereocenters. The predicted molar refractivity (Wildman–Crippen MR) is 83.0 cm³/mol. The fraction of sp³-hybridized carbons (Fsp3) is 0.765. The topological polar surface area (TPSA) is 71.4 Å². The van der Waals surface area contributed by atoms with Gasteiger partial charge in [0.05, 0.1) is 6.04 Å². The first-order valence-corrected chi connectivity index (χ1v) is 8.39. The lowest BCUT2D eigenvalue weighted by Gasteiger charge is -2.33. The van der Waals surface area contributed by atoms with E-state index in [4.69, 9.17) is 10.2 Å². The van der Waals surface area contributed by atoms with Gasteiger partial charge in [0, 0.05) is 25.1 Å². The van der Waals surface area contributed by atoms with Crippen molar-refractivity contribution in [3.05, 3.63) is 23.7 Å². The largest absolute Gasteiger partial charge is 0.464 e. The number of furan rings is 1. The van der Waals surface area contributed by atoms with E-state index >= 15 is 0 Å². The molecule has 21 heavy (non-hydrogen) atoms. The van der Waals surface area contributed by atoms with E-state index in [2.05, 4.69) is 24.4 Å². The Morgan fingerprint density at radius 3 is 2.81 bits per heavy atom. The molecule has 1 aromatic heterocycles. The van der Waals surface area contributed by atoms with Gasteiger partial charge in [-0.05, 0) is 43.2 Å². The Labute approximate surface area is 127 Å². The summed E-state index contributed by atoms with van der Waals surface area (Å²) in [6.45, 7) is 3.05. The van der Waals surface area contributed by atoms with Crippen LogP contribution in [0.4, 0.5) is 0 Å². The Morgan fingerprint density at radius 2 is 2.14 bits per heavy atom. The first-order valence-electron chi connectivity index (χ1n) is 8.39. The number of hydrogen-bond acceptors (Lipinski definition) is 4. The molecule has 4 heteroatoms. The molecule has 0 aliphatic heterocycles. The van der Waals surface area contributed by atoms with Crippen LogP contribution in [-0.2, 0) is 0 Å². The van der Waals surface area contributed by atoms with Crippen LogP contribution in [0.5, 0.6) is 0 Å². The fourth-order valence-corrected chi connectivity index (χ4v) is 3.64. The van der Waals surface area contributed by atoms with Gasteiger partial charge in [0.2, 0.25) is 0 Å². The summed E-state index contributed by atoms with van der Waals surface area (Å²) in [5.41, 5.74) is 5.95. The van der Waals surface area contributed by atoms with E-state index in [0.29, 0.717) is 24.4 Å². The Hall–Kier alpha value is -0.840. The van der Waals surface area contributed by atoms with Gasteiger partial charge < -0.3 is 20.6 Å². The van der Waals surface area contributed by atoms with Crippen LogP contribution < -0.4 is 11.1 Å². The third-order valence-corrected chi connectivity index (χ3v) is 5.26. The highest BCUT2D eigenvalue weighted by atomic mass is 16.3. The van der Waals surface area contributed by atoms with Crippen molar-refractivity contribution in [1.29, 1.82) is 0 Å². The SMILES string of the molecule is CC1CC1c1ccc(C(CN)NC2CCCCC2CO)o1. The van der Waals surface area contributed by atoms with E-state index in [1.165, 1.54) is 19.3 Å². The summed E-state index contributed by atoms with van der Waals surface area (Å²) in [7, 11) is 0. The van der Waals surface area contributed by atoms with Crippen molar-refractivity contribution < 1.29 is 9.52 Å². The first-order chi connectivity index (χ1) is 10.2. The molecule has 4 nitrogen and oxygen atoms in total. The lowest BCUT2D eigenvalue weighted by Crippen LogP contribution is -2.44. The maximum Gasteiger partial charge on any atom is 0.122 e. The quantitative estimate of drug-likeness (QED) is 0.753. The minimum atomic E-state index is 0.0601. The molecule has 4 N–H and O–H groups in total. The molecule has 0 radical (unpaired) electrons. The molecular weight excluding hydrogens is 264 g/mol. The second-order valence-electron chi connectivity index (χ2n) is 6.85. The van der Waals surface area contributed by atoms with Crippen molar-refractivity contribution >= 4 is 0 Å². The van der Waals surface area contributed by atoms with Gasteiger partial charge in [-0.2, -0.15) is 0 Å².